The summed E-state index contributed by atoms with van der Waals surface area (Å²) in [6.07, 6.45) is 2.49. The molecule has 1 heterocycles. The minimum absolute atomic E-state index is 0.0520. The number of ether oxygens (including phenoxy) is 2. The van der Waals surface area contributed by atoms with Crippen LogP contribution in [0.3, 0.4) is 0 Å². The molecule has 20 heavy (non-hydrogen) atoms. The molecule has 0 saturated carbocycles. The summed E-state index contributed by atoms with van der Waals surface area (Å²) in [5, 5.41) is 1.62. The highest BCUT2D eigenvalue weighted by Gasteiger charge is 2.47. The van der Waals surface area contributed by atoms with E-state index >= 15 is 0 Å². The number of hydrogen-bond acceptors (Lipinski definition) is 2. The lowest BCUT2D eigenvalue weighted by Crippen LogP contribution is -2.46. The molecule has 0 aromatic heterocycles. The third kappa shape index (κ3) is 3.49. The van der Waals surface area contributed by atoms with Gasteiger partial charge in [-0.2, -0.15) is 0 Å². The Kier molecular flexibility index (Phi) is 5.04. The molecule has 1 saturated heterocycles. The van der Waals surface area contributed by atoms with E-state index in [1.807, 2.05) is 24.3 Å². The summed E-state index contributed by atoms with van der Waals surface area (Å²) in [5.74, 6) is 0.848. The number of rotatable bonds is 5. The molecule has 0 radical (unpaired) electrons. The first-order valence-corrected chi connectivity index (χ1v) is 8.48. The average molecular weight is 362 g/mol. The van der Waals surface area contributed by atoms with Crippen LogP contribution < -0.4 is 4.74 Å². The Balaban J connectivity index is 1.98. The van der Waals surface area contributed by atoms with E-state index in [-0.39, 0.29) is 11.0 Å². The molecule has 2 rings (SSSR count). The maximum absolute atomic E-state index is 6.22. The third-order valence-corrected chi connectivity index (χ3v) is 5.36. The predicted molar refractivity (Wildman–Crippen MR) is 87.0 cm³/mol. The van der Waals surface area contributed by atoms with E-state index in [1.165, 1.54) is 0 Å². The van der Waals surface area contributed by atoms with Crippen LogP contribution in [0.4, 0.5) is 0 Å². The third-order valence-electron chi connectivity index (χ3n) is 4.39. The van der Waals surface area contributed by atoms with Crippen LogP contribution in [-0.4, -0.2) is 23.6 Å². The Morgan fingerprint density at radius 3 is 2.60 bits per heavy atom. The maximum Gasteiger partial charge on any atom is 0.119 e. The standard InChI is InChI=1S/C16H22BrClO2/c1-15(2,16(3)9-8-14(10-17)20-16)11-19-13-6-4-12(18)5-7-13/h4-7,14H,8-11H2,1-3H3. The zero-order valence-electron chi connectivity index (χ0n) is 12.3. The lowest BCUT2D eigenvalue weighted by molar-refractivity contribution is -0.109. The van der Waals surface area contributed by atoms with Crippen LogP contribution >= 0.6 is 27.5 Å². The Morgan fingerprint density at radius 2 is 2.05 bits per heavy atom. The fraction of sp³-hybridized carbons (Fsp3) is 0.625. The lowest BCUT2D eigenvalue weighted by Gasteiger charge is -2.40. The highest BCUT2D eigenvalue weighted by atomic mass is 79.9. The van der Waals surface area contributed by atoms with E-state index in [4.69, 9.17) is 21.1 Å². The van der Waals surface area contributed by atoms with Gasteiger partial charge in [0, 0.05) is 15.8 Å². The normalized spacial score (nSPS) is 26.8. The summed E-state index contributed by atoms with van der Waals surface area (Å²) in [7, 11) is 0. The Bertz CT molecular complexity index is 446. The highest BCUT2D eigenvalue weighted by Crippen LogP contribution is 2.44. The monoisotopic (exact) mass is 360 g/mol. The smallest absolute Gasteiger partial charge is 0.119 e. The summed E-state index contributed by atoms with van der Waals surface area (Å²) >= 11 is 9.39. The van der Waals surface area contributed by atoms with E-state index < -0.39 is 0 Å². The van der Waals surface area contributed by atoms with Gasteiger partial charge in [-0.05, 0) is 44.0 Å². The van der Waals surface area contributed by atoms with Gasteiger partial charge in [-0.3, -0.25) is 0 Å². The second-order valence-corrected chi connectivity index (χ2v) is 7.37. The molecule has 1 aromatic carbocycles. The van der Waals surface area contributed by atoms with Crippen molar-refractivity contribution in [3.05, 3.63) is 29.3 Å². The molecule has 0 N–H and O–H groups in total. The highest BCUT2D eigenvalue weighted by molar-refractivity contribution is 9.09. The summed E-state index contributed by atoms with van der Waals surface area (Å²) in [5.41, 5.74) is -0.193. The zero-order chi connectivity index (χ0) is 14.8. The molecule has 0 spiro atoms. The Hall–Kier alpha value is -0.250. The minimum atomic E-state index is -0.141. The number of halogens is 2. The molecule has 1 aliphatic rings. The Labute approximate surface area is 134 Å². The van der Waals surface area contributed by atoms with Crippen LogP contribution in [0, 0.1) is 5.41 Å². The van der Waals surface area contributed by atoms with Gasteiger partial charge in [0.05, 0.1) is 18.3 Å². The van der Waals surface area contributed by atoms with Gasteiger partial charge in [0.15, 0.2) is 0 Å². The SMILES string of the molecule is CC(C)(COc1ccc(Cl)cc1)C1(C)CCC(CBr)O1. The first-order chi connectivity index (χ1) is 9.36. The summed E-state index contributed by atoms with van der Waals surface area (Å²) < 4.78 is 12.1. The van der Waals surface area contributed by atoms with Crippen LogP contribution in [0.25, 0.3) is 0 Å². The van der Waals surface area contributed by atoms with Gasteiger partial charge in [-0.1, -0.05) is 41.4 Å². The predicted octanol–water partition coefficient (Wildman–Crippen LogP) is 5.08. The van der Waals surface area contributed by atoms with Gasteiger partial charge in [0.1, 0.15) is 5.75 Å². The van der Waals surface area contributed by atoms with Crippen molar-refractivity contribution >= 4 is 27.5 Å². The van der Waals surface area contributed by atoms with Crippen LogP contribution in [0.5, 0.6) is 5.75 Å². The van der Waals surface area contributed by atoms with Crippen molar-refractivity contribution in [2.45, 2.75) is 45.3 Å². The lowest BCUT2D eigenvalue weighted by atomic mass is 9.75. The molecule has 2 nitrogen and oxygen atoms in total. The van der Waals surface area contributed by atoms with Crippen LogP contribution in [-0.2, 0) is 4.74 Å². The zero-order valence-corrected chi connectivity index (χ0v) is 14.6. The van der Waals surface area contributed by atoms with Crippen LogP contribution in [0.2, 0.25) is 5.02 Å². The average Bonchev–Trinajstić information content (AvgIpc) is 2.82. The topological polar surface area (TPSA) is 18.5 Å². The molecule has 4 heteroatoms. The number of benzene rings is 1. The van der Waals surface area contributed by atoms with Crippen molar-refractivity contribution in [3.63, 3.8) is 0 Å². The van der Waals surface area contributed by atoms with Crippen molar-refractivity contribution in [1.82, 2.24) is 0 Å². The molecule has 112 valence electrons. The summed E-state index contributed by atoms with van der Waals surface area (Å²) in [6.45, 7) is 7.24. The van der Waals surface area contributed by atoms with Crippen LogP contribution in [0.15, 0.2) is 24.3 Å². The van der Waals surface area contributed by atoms with Gasteiger partial charge in [0.25, 0.3) is 0 Å². The van der Waals surface area contributed by atoms with Crippen LogP contribution in [0.1, 0.15) is 33.6 Å². The fourth-order valence-electron chi connectivity index (χ4n) is 2.48. The second-order valence-electron chi connectivity index (χ2n) is 6.29. The van der Waals surface area contributed by atoms with Crippen molar-refractivity contribution in [1.29, 1.82) is 0 Å². The van der Waals surface area contributed by atoms with E-state index in [1.54, 1.807) is 0 Å². The number of hydrogen-bond donors (Lipinski definition) is 0. The van der Waals surface area contributed by atoms with E-state index in [0.717, 1.165) is 28.9 Å². The van der Waals surface area contributed by atoms with Gasteiger partial charge >= 0.3 is 0 Å². The van der Waals surface area contributed by atoms with Crippen molar-refractivity contribution in [2.75, 3.05) is 11.9 Å². The van der Waals surface area contributed by atoms with E-state index in [9.17, 15) is 0 Å². The first kappa shape index (κ1) is 16.1. The van der Waals surface area contributed by atoms with Crippen molar-refractivity contribution in [3.8, 4) is 5.75 Å². The molecule has 2 atom stereocenters. The molecule has 0 amide bonds. The van der Waals surface area contributed by atoms with Crippen molar-refractivity contribution < 1.29 is 9.47 Å². The molecule has 1 aliphatic heterocycles. The second kappa shape index (κ2) is 6.25. The fourth-order valence-corrected chi connectivity index (χ4v) is 3.06. The maximum atomic E-state index is 6.22. The number of alkyl halides is 1. The summed E-state index contributed by atoms with van der Waals surface area (Å²) in [4.78, 5) is 0. The molecular weight excluding hydrogens is 340 g/mol. The van der Waals surface area contributed by atoms with E-state index in [0.29, 0.717) is 12.7 Å². The quantitative estimate of drug-likeness (QED) is 0.681. The summed E-state index contributed by atoms with van der Waals surface area (Å²) in [6, 6.07) is 7.49. The first-order valence-electron chi connectivity index (χ1n) is 6.98. The molecule has 1 fully saturated rings. The van der Waals surface area contributed by atoms with E-state index in [2.05, 4.69) is 36.7 Å². The van der Waals surface area contributed by atoms with Gasteiger partial charge in [-0.25, -0.2) is 0 Å². The van der Waals surface area contributed by atoms with Gasteiger partial charge < -0.3 is 9.47 Å². The van der Waals surface area contributed by atoms with Gasteiger partial charge in [0.2, 0.25) is 0 Å². The van der Waals surface area contributed by atoms with Gasteiger partial charge in [-0.15, -0.1) is 0 Å². The Morgan fingerprint density at radius 1 is 1.40 bits per heavy atom. The molecule has 1 aromatic rings. The molecule has 0 bridgehead atoms. The molecule has 0 aliphatic carbocycles. The molecular formula is C16H22BrClO2. The minimum Gasteiger partial charge on any atom is -0.493 e. The largest absolute Gasteiger partial charge is 0.493 e. The molecule has 2 unspecified atom stereocenters. The van der Waals surface area contributed by atoms with Crippen molar-refractivity contribution in [2.24, 2.45) is 5.41 Å².